The summed E-state index contributed by atoms with van der Waals surface area (Å²) in [6.07, 6.45) is 12.4. The summed E-state index contributed by atoms with van der Waals surface area (Å²) in [7, 11) is 0. The van der Waals surface area contributed by atoms with E-state index in [2.05, 4.69) is 35.2 Å². The normalized spacial score (nSPS) is 26.0. The van der Waals surface area contributed by atoms with Crippen LogP contribution in [0, 0.1) is 28.5 Å². The van der Waals surface area contributed by atoms with E-state index in [1.54, 1.807) is 30.6 Å². The lowest BCUT2D eigenvalue weighted by atomic mass is 9.65. The number of hydrogen-bond acceptors (Lipinski definition) is 5. The summed E-state index contributed by atoms with van der Waals surface area (Å²) >= 11 is 0. The Morgan fingerprint density at radius 1 is 1.32 bits per heavy atom. The van der Waals surface area contributed by atoms with Crippen LogP contribution < -0.4 is 5.32 Å². The Bertz CT molecular complexity index is 1080. The fourth-order valence-electron chi connectivity index (χ4n) is 5.49. The fraction of sp³-hybridized carbons (Fsp3) is 0.444. The van der Waals surface area contributed by atoms with Gasteiger partial charge in [-0.15, -0.1) is 0 Å². The molecule has 34 heavy (non-hydrogen) atoms. The number of rotatable bonds is 8. The molecular formula is C27H32FN5O. The lowest BCUT2D eigenvalue weighted by molar-refractivity contribution is 0.0908. The molecule has 0 bridgehead atoms. The number of halogens is 1. The lowest BCUT2D eigenvalue weighted by Gasteiger charge is -2.40. The Balaban J connectivity index is 1.53. The lowest BCUT2D eigenvalue weighted by Crippen LogP contribution is -2.40. The van der Waals surface area contributed by atoms with Gasteiger partial charge in [0.2, 0.25) is 5.82 Å². The molecule has 0 spiro atoms. The average Bonchev–Trinajstić information content (AvgIpc) is 3.15. The number of aliphatic imine (C=N–C) groups is 1. The van der Waals surface area contributed by atoms with Crippen LogP contribution in [0.5, 0.6) is 0 Å². The second kappa shape index (κ2) is 10.4. The molecule has 1 amide bonds. The minimum Gasteiger partial charge on any atom is -0.347 e. The van der Waals surface area contributed by atoms with Crippen LogP contribution in [0.15, 0.2) is 59.4 Å². The van der Waals surface area contributed by atoms with Crippen molar-refractivity contribution in [2.45, 2.75) is 58.4 Å². The summed E-state index contributed by atoms with van der Waals surface area (Å²) in [6, 6.07) is 7.91. The Morgan fingerprint density at radius 2 is 2.06 bits per heavy atom. The van der Waals surface area contributed by atoms with Crippen molar-refractivity contribution in [3.8, 4) is 0 Å². The van der Waals surface area contributed by atoms with Gasteiger partial charge in [-0.2, -0.15) is 0 Å². The highest BCUT2D eigenvalue weighted by atomic mass is 19.1. The summed E-state index contributed by atoms with van der Waals surface area (Å²) in [6.45, 7) is 4.43. The van der Waals surface area contributed by atoms with Gasteiger partial charge in [0.15, 0.2) is 0 Å². The van der Waals surface area contributed by atoms with E-state index >= 15 is 0 Å². The quantitative estimate of drug-likeness (QED) is 0.495. The van der Waals surface area contributed by atoms with Gasteiger partial charge in [0.05, 0.1) is 5.69 Å². The summed E-state index contributed by atoms with van der Waals surface area (Å²) in [5.41, 5.74) is 2.90. The summed E-state index contributed by atoms with van der Waals surface area (Å²) in [5, 5.41) is 11.2. The smallest absolute Gasteiger partial charge is 0.289 e. The predicted octanol–water partition coefficient (Wildman–Crippen LogP) is 5.69. The second-order valence-electron chi connectivity index (χ2n) is 9.58. The Hall–Kier alpha value is -3.22. The average molecular weight is 462 g/mol. The third-order valence-corrected chi connectivity index (χ3v) is 7.34. The van der Waals surface area contributed by atoms with Gasteiger partial charge in [-0.05, 0) is 79.8 Å². The molecule has 2 N–H and O–H groups in total. The van der Waals surface area contributed by atoms with Gasteiger partial charge in [0.25, 0.3) is 5.91 Å². The number of carbonyl (C=O) groups excluding carboxylic acids is 1. The first-order valence-corrected chi connectivity index (χ1v) is 12.1. The number of carbonyl (C=O) groups is 1. The van der Waals surface area contributed by atoms with Crippen LogP contribution >= 0.6 is 0 Å². The number of nitrogens with zero attached hydrogens (tertiary/aromatic N) is 3. The maximum atomic E-state index is 13.3. The first-order valence-electron chi connectivity index (χ1n) is 12.1. The maximum Gasteiger partial charge on any atom is 0.289 e. The van der Waals surface area contributed by atoms with Gasteiger partial charge >= 0.3 is 0 Å². The van der Waals surface area contributed by atoms with E-state index in [1.807, 2.05) is 0 Å². The fourth-order valence-corrected chi connectivity index (χ4v) is 5.49. The Labute approximate surface area is 200 Å². The van der Waals surface area contributed by atoms with Gasteiger partial charge in [0.1, 0.15) is 5.82 Å². The van der Waals surface area contributed by atoms with E-state index in [-0.39, 0.29) is 34.9 Å². The van der Waals surface area contributed by atoms with Gasteiger partial charge in [0, 0.05) is 36.3 Å². The monoisotopic (exact) mass is 461 g/mol. The molecule has 2 aliphatic carbocycles. The molecule has 1 heterocycles. The van der Waals surface area contributed by atoms with E-state index < -0.39 is 0 Å². The number of fused-ring (bicyclic) bond motifs is 1. The van der Waals surface area contributed by atoms with E-state index in [9.17, 15) is 9.18 Å². The zero-order chi connectivity index (χ0) is 24.1. The molecular weight excluding hydrogens is 429 g/mol. The van der Waals surface area contributed by atoms with Crippen molar-refractivity contribution in [3.63, 3.8) is 0 Å². The van der Waals surface area contributed by atoms with Gasteiger partial charge in [-0.25, -0.2) is 14.4 Å². The first kappa shape index (κ1) is 23.9. The van der Waals surface area contributed by atoms with Crippen LogP contribution in [0.3, 0.4) is 0 Å². The molecule has 0 aliphatic heterocycles. The SMILES string of the molecule is CCCC(CC1CCC2=CC(=Nc3ccc(F)cc3)C(C=N)CC21C)NC(=O)c1ncccn1. The molecule has 0 radical (unpaired) electrons. The second-order valence-corrected chi connectivity index (χ2v) is 9.58. The van der Waals surface area contributed by atoms with Gasteiger partial charge in [-0.1, -0.05) is 25.8 Å². The minimum atomic E-state index is -0.284. The molecule has 4 atom stereocenters. The van der Waals surface area contributed by atoms with Gasteiger partial charge in [-0.3, -0.25) is 9.79 Å². The number of amides is 1. The highest BCUT2D eigenvalue weighted by Crippen LogP contribution is 2.55. The van der Waals surface area contributed by atoms with Crippen LogP contribution in [0.4, 0.5) is 10.1 Å². The van der Waals surface area contributed by atoms with E-state index in [0.29, 0.717) is 11.6 Å². The molecule has 178 valence electrons. The predicted molar refractivity (Wildman–Crippen MR) is 132 cm³/mol. The molecule has 0 saturated heterocycles. The highest BCUT2D eigenvalue weighted by Gasteiger charge is 2.47. The number of benzene rings is 1. The third-order valence-electron chi connectivity index (χ3n) is 7.34. The summed E-state index contributed by atoms with van der Waals surface area (Å²) in [4.78, 5) is 25.6. The highest BCUT2D eigenvalue weighted by molar-refractivity contribution is 6.08. The molecule has 6 nitrogen and oxygen atoms in total. The standard InChI is InChI=1S/C27H32FN5O/c1-3-5-23(33-26(34)25-30-12-4-13-31-25)14-19-6-7-20-15-24(18(17-29)16-27(19,20)2)32-22-10-8-21(28)9-11-22/h4,8-13,15,17-19,23,29H,3,5-7,14,16H2,1-2H3,(H,33,34). The largest absolute Gasteiger partial charge is 0.347 e. The van der Waals surface area contributed by atoms with Crippen LogP contribution in [-0.4, -0.2) is 33.8 Å². The summed E-state index contributed by atoms with van der Waals surface area (Å²) in [5.74, 6) is 0.00413. The molecule has 1 aromatic heterocycles. The van der Waals surface area contributed by atoms with Crippen molar-refractivity contribution in [1.29, 1.82) is 5.41 Å². The molecule has 1 fully saturated rings. The van der Waals surface area contributed by atoms with Crippen molar-refractivity contribution >= 4 is 23.5 Å². The number of aromatic nitrogens is 2. The molecule has 2 aliphatic rings. The molecule has 2 aromatic rings. The maximum absolute atomic E-state index is 13.3. The van der Waals surface area contributed by atoms with Crippen LogP contribution in [0.2, 0.25) is 0 Å². The molecule has 4 unspecified atom stereocenters. The number of hydrogen-bond donors (Lipinski definition) is 2. The van der Waals surface area contributed by atoms with E-state index in [0.717, 1.165) is 44.2 Å². The Morgan fingerprint density at radius 3 is 2.74 bits per heavy atom. The third kappa shape index (κ3) is 5.13. The number of nitrogens with one attached hydrogen (secondary N) is 2. The topological polar surface area (TPSA) is 91.1 Å². The van der Waals surface area contributed by atoms with Crippen molar-refractivity contribution in [1.82, 2.24) is 15.3 Å². The molecule has 7 heteroatoms. The zero-order valence-electron chi connectivity index (χ0n) is 19.8. The van der Waals surface area contributed by atoms with E-state index in [1.165, 1.54) is 23.9 Å². The molecule has 4 rings (SSSR count). The van der Waals surface area contributed by atoms with Crippen molar-refractivity contribution in [3.05, 3.63) is 66.0 Å². The summed E-state index contributed by atoms with van der Waals surface area (Å²) < 4.78 is 13.3. The van der Waals surface area contributed by atoms with Crippen LogP contribution in [0.25, 0.3) is 0 Å². The number of allylic oxidation sites excluding steroid dienone is 2. The van der Waals surface area contributed by atoms with Crippen LogP contribution in [-0.2, 0) is 0 Å². The minimum absolute atomic E-state index is 0.0377. The van der Waals surface area contributed by atoms with Crippen molar-refractivity contribution < 1.29 is 9.18 Å². The van der Waals surface area contributed by atoms with E-state index in [4.69, 9.17) is 10.4 Å². The first-order chi connectivity index (χ1) is 16.4. The van der Waals surface area contributed by atoms with Crippen molar-refractivity contribution in [2.24, 2.45) is 22.2 Å². The van der Waals surface area contributed by atoms with Crippen LogP contribution in [0.1, 0.15) is 63.0 Å². The Kier molecular flexibility index (Phi) is 7.29. The molecule has 1 saturated carbocycles. The molecule has 1 aromatic carbocycles. The van der Waals surface area contributed by atoms with Gasteiger partial charge < -0.3 is 10.7 Å². The zero-order valence-corrected chi connectivity index (χ0v) is 19.8. The van der Waals surface area contributed by atoms with Crippen molar-refractivity contribution in [2.75, 3.05) is 0 Å².